The van der Waals surface area contributed by atoms with Crippen LogP contribution in [0.25, 0.3) is 0 Å². The molecule has 20 heavy (non-hydrogen) atoms. The highest BCUT2D eigenvalue weighted by atomic mass is 32.2. The molecule has 0 unspecified atom stereocenters. The van der Waals surface area contributed by atoms with Crippen LogP contribution < -0.4 is 10.0 Å². The van der Waals surface area contributed by atoms with Crippen LogP contribution in [0.1, 0.15) is 23.7 Å². The lowest BCUT2D eigenvalue weighted by atomic mass is 10.2. The Labute approximate surface area is 118 Å². The van der Waals surface area contributed by atoms with E-state index in [-0.39, 0.29) is 17.0 Å². The third-order valence-electron chi connectivity index (χ3n) is 2.51. The third-order valence-corrected chi connectivity index (χ3v) is 3.94. The monoisotopic (exact) mass is 298 g/mol. The number of carboxylic acids is 1. The van der Waals surface area contributed by atoms with Crippen LogP contribution in [0.2, 0.25) is 0 Å². The highest BCUT2D eigenvalue weighted by Crippen LogP contribution is 2.20. The summed E-state index contributed by atoms with van der Waals surface area (Å²) in [7, 11) is -3.73. The lowest BCUT2D eigenvalue weighted by molar-refractivity contribution is 0.0697. The van der Waals surface area contributed by atoms with Crippen molar-refractivity contribution in [3.05, 3.63) is 36.4 Å². The molecule has 1 rings (SSSR count). The van der Waals surface area contributed by atoms with E-state index in [1.807, 2.05) is 6.92 Å². The van der Waals surface area contributed by atoms with Crippen molar-refractivity contribution in [2.45, 2.75) is 18.2 Å². The van der Waals surface area contributed by atoms with Gasteiger partial charge in [-0.3, -0.25) is 0 Å². The zero-order valence-corrected chi connectivity index (χ0v) is 12.0. The van der Waals surface area contributed by atoms with Crippen molar-refractivity contribution in [1.29, 1.82) is 0 Å². The minimum Gasteiger partial charge on any atom is -0.478 e. The van der Waals surface area contributed by atoms with Crippen LogP contribution in [0.4, 0.5) is 5.69 Å². The Hall–Kier alpha value is -1.86. The van der Waals surface area contributed by atoms with Crippen molar-refractivity contribution < 1.29 is 18.3 Å². The summed E-state index contributed by atoms with van der Waals surface area (Å²) in [4.78, 5) is 11.1. The number of rotatable bonds is 8. The predicted octanol–water partition coefficient (Wildman–Crippen LogP) is 1.67. The van der Waals surface area contributed by atoms with E-state index in [0.29, 0.717) is 12.2 Å². The van der Waals surface area contributed by atoms with Crippen LogP contribution in [0, 0.1) is 0 Å². The summed E-state index contributed by atoms with van der Waals surface area (Å²) in [5.74, 6) is -1.18. The summed E-state index contributed by atoms with van der Waals surface area (Å²) < 4.78 is 26.1. The number of sulfonamides is 1. The molecule has 110 valence electrons. The number of hydrogen-bond acceptors (Lipinski definition) is 4. The number of hydrogen-bond donors (Lipinski definition) is 3. The van der Waals surface area contributed by atoms with E-state index in [2.05, 4.69) is 16.6 Å². The molecule has 0 heterocycles. The molecule has 0 amide bonds. The standard InChI is InChI=1S/C13H18N2O4S/c1-3-7-14-12-6-5-10(9-11(12)13(16)17)20(18,19)15-8-4-2/h4-6,9,14-15H,2-3,7-8H2,1H3,(H,16,17). The van der Waals surface area contributed by atoms with E-state index in [4.69, 9.17) is 5.11 Å². The van der Waals surface area contributed by atoms with Gasteiger partial charge in [0.05, 0.1) is 10.5 Å². The molecule has 0 radical (unpaired) electrons. The van der Waals surface area contributed by atoms with Gasteiger partial charge in [-0.25, -0.2) is 17.9 Å². The molecule has 0 fully saturated rings. The van der Waals surface area contributed by atoms with Gasteiger partial charge in [-0.05, 0) is 24.6 Å². The molecule has 0 saturated heterocycles. The molecular formula is C13H18N2O4S. The van der Waals surface area contributed by atoms with Gasteiger partial charge in [-0.1, -0.05) is 13.0 Å². The molecule has 0 bridgehead atoms. The van der Waals surface area contributed by atoms with Crippen molar-refractivity contribution in [3.63, 3.8) is 0 Å². The van der Waals surface area contributed by atoms with Gasteiger partial charge in [0.1, 0.15) is 0 Å². The Morgan fingerprint density at radius 1 is 1.45 bits per heavy atom. The van der Waals surface area contributed by atoms with Crippen molar-refractivity contribution in [2.75, 3.05) is 18.4 Å². The second-order valence-corrected chi connectivity index (χ2v) is 5.85. The summed E-state index contributed by atoms with van der Waals surface area (Å²) in [6, 6.07) is 3.98. The van der Waals surface area contributed by atoms with Crippen molar-refractivity contribution in [2.24, 2.45) is 0 Å². The van der Waals surface area contributed by atoms with E-state index < -0.39 is 16.0 Å². The topological polar surface area (TPSA) is 95.5 Å². The van der Waals surface area contributed by atoms with Gasteiger partial charge in [0.2, 0.25) is 10.0 Å². The Morgan fingerprint density at radius 3 is 2.70 bits per heavy atom. The van der Waals surface area contributed by atoms with Crippen molar-refractivity contribution >= 4 is 21.7 Å². The smallest absolute Gasteiger partial charge is 0.337 e. The molecule has 0 saturated carbocycles. The van der Waals surface area contributed by atoms with E-state index in [9.17, 15) is 13.2 Å². The van der Waals surface area contributed by atoms with Gasteiger partial charge in [-0.2, -0.15) is 0 Å². The lowest BCUT2D eigenvalue weighted by Gasteiger charge is -2.11. The minimum absolute atomic E-state index is 0.0695. The second-order valence-electron chi connectivity index (χ2n) is 4.08. The number of nitrogens with one attached hydrogen (secondary N) is 2. The van der Waals surface area contributed by atoms with Crippen LogP contribution in [0.15, 0.2) is 35.7 Å². The van der Waals surface area contributed by atoms with Crippen LogP contribution in [-0.4, -0.2) is 32.6 Å². The first-order valence-corrected chi connectivity index (χ1v) is 7.62. The largest absolute Gasteiger partial charge is 0.478 e. The Kier molecular flexibility index (Phi) is 5.72. The maximum atomic E-state index is 11.9. The SMILES string of the molecule is C=CCNS(=O)(=O)c1ccc(NCCC)c(C(=O)O)c1. The fourth-order valence-corrected chi connectivity index (χ4v) is 2.56. The summed E-state index contributed by atoms with van der Waals surface area (Å²) >= 11 is 0. The highest BCUT2D eigenvalue weighted by molar-refractivity contribution is 7.89. The van der Waals surface area contributed by atoms with E-state index in [1.54, 1.807) is 0 Å². The molecule has 1 aromatic rings. The van der Waals surface area contributed by atoms with Gasteiger partial charge < -0.3 is 10.4 Å². The molecule has 1 aromatic carbocycles. The van der Waals surface area contributed by atoms with Crippen LogP contribution in [0.5, 0.6) is 0 Å². The van der Waals surface area contributed by atoms with Crippen molar-refractivity contribution in [3.8, 4) is 0 Å². The molecule has 0 aliphatic carbocycles. The molecule has 0 aliphatic rings. The first-order chi connectivity index (χ1) is 9.42. The molecule has 6 nitrogen and oxygen atoms in total. The highest BCUT2D eigenvalue weighted by Gasteiger charge is 2.18. The van der Waals surface area contributed by atoms with Gasteiger partial charge in [-0.15, -0.1) is 6.58 Å². The normalized spacial score (nSPS) is 11.1. The Balaban J connectivity index is 3.16. The van der Waals surface area contributed by atoms with Crippen LogP contribution in [-0.2, 0) is 10.0 Å². The van der Waals surface area contributed by atoms with Gasteiger partial charge in [0, 0.05) is 18.8 Å². The fourth-order valence-electron chi connectivity index (χ4n) is 1.53. The Bertz CT molecular complexity index is 596. The number of aromatic carboxylic acids is 1. The van der Waals surface area contributed by atoms with Gasteiger partial charge in [0.25, 0.3) is 0 Å². The van der Waals surface area contributed by atoms with E-state index in [0.717, 1.165) is 12.5 Å². The average Bonchev–Trinajstić information content (AvgIpc) is 2.42. The van der Waals surface area contributed by atoms with E-state index in [1.165, 1.54) is 18.2 Å². The minimum atomic E-state index is -3.73. The molecular weight excluding hydrogens is 280 g/mol. The van der Waals surface area contributed by atoms with E-state index >= 15 is 0 Å². The average molecular weight is 298 g/mol. The van der Waals surface area contributed by atoms with Crippen molar-refractivity contribution in [1.82, 2.24) is 4.72 Å². The molecule has 0 aliphatic heterocycles. The lowest BCUT2D eigenvalue weighted by Crippen LogP contribution is -2.24. The molecule has 0 spiro atoms. The summed E-state index contributed by atoms with van der Waals surface area (Å²) in [5, 5.41) is 12.1. The zero-order valence-electron chi connectivity index (χ0n) is 11.2. The maximum Gasteiger partial charge on any atom is 0.337 e. The number of benzene rings is 1. The number of carbonyl (C=O) groups is 1. The predicted molar refractivity (Wildman–Crippen MR) is 77.6 cm³/mol. The fraction of sp³-hybridized carbons (Fsp3) is 0.308. The third kappa shape index (κ3) is 4.07. The second kappa shape index (κ2) is 7.06. The van der Waals surface area contributed by atoms with Gasteiger partial charge in [0.15, 0.2) is 0 Å². The number of carboxylic acid groups (broad SMARTS) is 1. The first kappa shape index (κ1) is 16.2. The quantitative estimate of drug-likeness (QED) is 0.635. The molecule has 0 atom stereocenters. The first-order valence-electron chi connectivity index (χ1n) is 6.14. The number of anilines is 1. The summed E-state index contributed by atoms with van der Waals surface area (Å²) in [6.07, 6.45) is 2.24. The van der Waals surface area contributed by atoms with Crippen LogP contribution >= 0.6 is 0 Å². The maximum absolute atomic E-state index is 11.9. The molecule has 0 aromatic heterocycles. The van der Waals surface area contributed by atoms with Gasteiger partial charge >= 0.3 is 5.97 Å². The molecule has 7 heteroatoms. The summed E-state index contributed by atoms with van der Waals surface area (Å²) in [6.45, 7) is 6.07. The zero-order chi connectivity index (χ0) is 15.2. The molecule has 3 N–H and O–H groups in total. The summed E-state index contributed by atoms with van der Waals surface area (Å²) in [5.41, 5.74) is 0.335. The Morgan fingerprint density at radius 2 is 2.15 bits per heavy atom. The van der Waals surface area contributed by atoms with Crippen LogP contribution in [0.3, 0.4) is 0 Å².